The van der Waals surface area contributed by atoms with Gasteiger partial charge in [0.1, 0.15) is 11.5 Å². The monoisotopic (exact) mass is 308 g/mol. The van der Waals surface area contributed by atoms with Gasteiger partial charge >= 0.3 is 0 Å². The summed E-state index contributed by atoms with van der Waals surface area (Å²) in [6.07, 6.45) is 0.941. The molecule has 1 aliphatic heterocycles. The molecule has 1 aromatic heterocycles. The van der Waals surface area contributed by atoms with Gasteiger partial charge in [-0.25, -0.2) is 0 Å². The van der Waals surface area contributed by atoms with Crippen molar-refractivity contribution in [2.45, 2.75) is 12.3 Å². The normalized spacial score (nSPS) is 17.3. The van der Waals surface area contributed by atoms with Crippen LogP contribution >= 0.6 is 0 Å². The SMILES string of the molecule is c1ccc(Oc2cccc(-c3nc([C@@H]4CCOC4)no3)c2)cc1. The summed E-state index contributed by atoms with van der Waals surface area (Å²) in [5.41, 5.74) is 0.844. The molecule has 0 saturated carbocycles. The highest BCUT2D eigenvalue weighted by atomic mass is 16.5. The molecule has 3 aromatic rings. The number of nitrogens with zero attached hydrogens (tertiary/aromatic N) is 2. The molecule has 0 radical (unpaired) electrons. The Balaban J connectivity index is 1.56. The van der Waals surface area contributed by atoms with Gasteiger partial charge in [0, 0.05) is 18.1 Å². The average molecular weight is 308 g/mol. The Morgan fingerprint density at radius 3 is 2.70 bits per heavy atom. The molecule has 0 N–H and O–H groups in total. The summed E-state index contributed by atoms with van der Waals surface area (Å²) >= 11 is 0. The molecule has 0 aliphatic carbocycles. The molecule has 5 nitrogen and oxygen atoms in total. The fraction of sp³-hybridized carbons (Fsp3) is 0.222. The van der Waals surface area contributed by atoms with E-state index in [0.29, 0.717) is 18.3 Å². The van der Waals surface area contributed by atoms with Crippen molar-refractivity contribution in [2.75, 3.05) is 13.2 Å². The molecule has 0 amide bonds. The maximum Gasteiger partial charge on any atom is 0.258 e. The predicted octanol–water partition coefficient (Wildman–Crippen LogP) is 4.03. The average Bonchev–Trinajstić information content (AvgIpc) is 3.28. The van der Waals surface area contributed by atoms with Crippen molar-refractivity contribution in [1.82, 2.24) is 10.1 Å². The van der Waals surface area contributed by atoms with Gasteiger partial charge in [-0.3, -0.25) is 0 Å². The lowest BCUT2D eigenvalue weighted by atomic mass is 10.1. The smallest absolute Gasteiger partial charge is 0.258 e. The highest BCUT2D eigenvalue weighted by molar-refractivity contribution is 5.56. The van der Waals surface area contributed by atoms with Crippen molar-refractivity contribution >= 4 is 0 Å². The molecule has 2 aromatic carbocycles. The van der Waals surface area contributed by atoms with Crippen LogP contribution in [0.1, 0.15) is 18.2 Å². The second-order valence-corrected chi connectivity index (χ2v) is 5.46. The topological polar surface area (TPSA) is 57.4 Å². The van der Waals surface area contributed by atoms with E-state index < -0.39 is 0 Å². The van der Waals surface area contributed by atoms with Crippen molar-refractivity contribution in [3.05, 3.63) is 60.4 Å². The predicted molar refractivity (Wildman–Crippen MR) is 84.4 cm³/mol. The third-order valence-corrected chi connectivity index (χ3v) is 3.80. The Morgan fingerprint density at radius 2 is 1.87 bits per heavy atom. The van der Waals surface area contributed by atoms with E-state index in [1.165, 1.54) is 0 Å². The fourth-order valence-corrected chi connectivity index (χ4v) is 2.57. The zero-order valence-corrected chi connectivity index (χ0v) is 12.5. The van der Waals surface area contributed by atoms with Crippen LogP contribution in [0.4, 0.5) is 0 Å². The van der Waals surface area contributed by atoms with E-state index >= 15 is 0 Å². The molecule has 23 heavy (non-hydrogen) atoms. The Morgan fingerprint density at radius 1 is 1.00 bits per heavy atom. The lowest BCUT2D eigenvalue weighted by Gasteiger charge is -2.05. The number of para-hydroxylation sites is 1. The molecule has 0 spiro atoms. The number of aromatic nitrogens is 2. The minimum Gasteiger partial charge on any atom is -0.457 e. The van der Waals surface area contributed by atoms with Crippen LogP contribution in [0.25, 0.3) is 11.5 Å². The van der Waals surface area contributed by atoms with Crippen LogP contribution in [0.5, 0.6) is 11.5 Å². The molecule has 5 heteroatoms. The van der Waals surface area contributed by atoms with Gasteiger partial charge < -0.3 is 14.0 Å². The van der Waals surface area contributed by atoms with Crippen LogP contribution in [-0.2, 0) is 4.74 Å². The maximum absolute atomic E-state index is 5.84. The van der Waals surface area contributed by atoms with E-state index in [9.17, 15) is 0 Å². The first kappa shape index (κ1) is 14.0. The van der Waals surface area contributed by atoms with E-state index in [-0.39, 0.29) is 5.92 Å². The molecular weight excluding hydrogens is 292 g/mol. The lowest BCUT2D eigenvalue weighted by molar-refractivity contribution is 0.192. The van der Waals surface area contributed by atoms with E-state index in [0.717, 1.165) is 30.1 Å². The van der Waals surface area contributed by atoms with E-state index in [1.807, 2.05) is 54.6 Å². The number of hydrogen-bond acceptors (Lipinski definition) is 5. The van der Waals surface area contributed by atoms with E-state index in [4.69, 9.17) is 14.0 Å². The van der Waals surface area contributed by atoms with Crippen molar-refractivity contribution in [3.8, 4) is 23.0 Å². The summed E-state index contributed by atoms with van der Waals surface area (Å²) in [5.74, 6) is 2.98. The summed E-state index contributed by atoms with van der Waals surface area (Å²) in [6, 6.07) is 17.3. The highest BCUT2D eigenvalue weighted by Crippen LogP contribution is 2.28. The molecule has 4 rings (SSSR count). The van der Waals surface area contributed by atoms with Crippen LogP contribution in [-0.4, -0.2) is 23.4 Å². The molecule has 2 heterocycles. The van der Waals surface area contributed by atoms with E-state index in [2.05, 4.69) is 10.1 Å². The molecule has 1 fully saturated rings. The summed E-state index contributed by atoms with van der Waals surface area (Å²) in [5, 5.41) is 4.08. The first-order chi connectivity index (χ1) is 11.4. The zero-order valence-electron chi connectivity index (χ0n) is 12.5. The number of benzene rings is 2. The fourth-order valence-electron chi connectivity index (χ4n) is 2.57. The minimum atomic E-state index is 0.233. The van der Waals surface area contributed by atoms with Gasteiger partial charge in [-0.2, -0.15) is 4.98 Å². The van der Waals surface area contributed by atoms with Gasteiger partial charge in [0.15, 0.2) is 5.82 Å². The third-order valence-electron chi connectivity index (χ3n) is 3.80. The van der Waals surface area contributed by atoms with Crippen molar-refractivity contribution < 1.29 is 14.0 Å². The summed E-state index contributed by atoms with van der Waals surface area (Å²) < 4.78 is 16.6. The Hall–Kier alpha value is -2.66. The van der Waals surface area contributed by atoms with Gasteiger partial charge in [-0.15, -0.1) is 0 Å². The Kier molecular flexibility index (Phi) is 3.78. The summed E-state index contributed by atoms with van der Waals surface area (Å²) in [4.78, 5) is 4.50. The maximum atomic E-state index is 5.84. The Bertz CT molecular complexity index is 780. The van der Waals surface area contributed by atoms with E-state index in [1.54, 1.807) is 0 Å². The lowest BCUT2D eigenvalue weighted by Crippen LogP contribution is -1.99. The van der Waals surface area contributed by atoms with Crippen molar-refractivity contribution in [3.63, 3.8) is 0 Å². The second-order valence-electron chi connectivity index (χ2n) is 5.46. The molecule has 116 valence electrons. The highest BCUT2D eigenvalue weighted by Gasteiger charge is 2.23. The minimum absolute atomic E-state index is 0.233. The van der Waals surface area contributed by atoms with Gasteiger partial charge in [-0.1, -0.05) is 29.4 Å². The van der Waals surface area contributed by atoms with Gasteiger partial charge in [-0.05, 0) is 36.8 Å². The first-order valence-corrected chi connectivity index (χ1v) is 7.63. The van der Waals surface area contributed by atoms with Crippen LogP contribution in [0.2, 0.25) is 0 Å². The quantitative estimate of drug-likeness (QED) is 0.728. The number of rotatable bonds is 4. The molecule has 1 atom stereocenters. The number of hydrogen-bond donors (Lipinski definition) is 0. The van der Waals surface area contributed by atoms with Crippen molar-refractivity contribution in [1.29, 1.82) is 0 Å². The molecule has 0 bridgehead atoms. The van der Waals surface area contributed by atoms with Crippen LogP contribution < -0.4 is 4.74 Å². The number of ether oxygens (including phenoxy) is 2. The van der Waals surface area contributed by atoms with Crippen molar-refractivity contribution in [2.24, 2.45) is 0 Å². The largest absolute Gasteiger partial charge is 0.457 e. The van der Waals surface area contributed by atoms with Crippen LogP contribution in [0, 0.1) is 0 Å². The summed E-state index contributed by atoms with van der Waals surface area (Å²) in [7, 11) is 0. The second kappa shape index (κ2) is 6.22. The van der Waals surface area contributed by atoms with Crippen LogP contribution in [0.3, 0.4) is 0 Å². The molecular formula is C18H16N2O3. The van der Waals surface area contributed by atoms with Gasteiger partial charge in [0.25, 0.3) is 5.89 Å². The summed E-state index contributed by atoms with van der Waals surface area (Å²) in [6.45, 7) is 1.42. The zero-order chi connectivity index (χ0) is 15.5. The molecule has 1 aliphatic rings. The van der Waals surface area contributed by atoms with Gasteiger partial charge in [0.05, 0.1) is 6.61 Å². The molecule has 0 unspecified atom stereocenters. The first-order valence-electron chi connectivity index (χ1n) is 7.63. The molecule has 1 saturated heterocycles. The standard InChI is InChI=1S/C18H16N2O3/c1-2-6-15(7-3-1)22-16-8-4-5-13(11-16)18-19-17(20-23-18)14-9-10-21-12-14/h1-8,11,14H,9-10,12H2/t14-/m1/s1. The van der Waals surface area contributed by atoms with Gasteiger partial charge in [0.2, 0.25) is 0 Å². The third kappa shape index (κ3) is 3.10. The van der Waals surface area contributed by atoms with Crippen LogP contribution in [0.15, 0.2) is 59.1 Å². The Labute approximate surface area is 133 Å².